The number of likely N-dealkylation sites (tertiary alicyclic amines) is 1. The molecule has 2 atom stereocenters. The predicted molar refractivity (Wildman–Crippen MR) is 94.4 cm³/mol. The van der Waals surface area contributed by atoms with Crippen molar-refractivity contribution in [2.45, 2.75) is 38.8 Å². The van der Waals surface area contributed by atoms with Gasteiger partial charge in [0.05, 0.1) is 23.4 Å². The number of carboxylic acid groups (broad SMARTS) is 1. The van der Waals surface area contributed by atoms with Gasteiger partial charge in [-0.15, -0.1) is 0 Å². The molecular formula is C19H24FN3O3. The van der Waals surface area contributed by atoms with Crippen molar-refractivity contribution in [3.63, 3.8) is 0 Å². The van der Waals surface area contributed by atoms with E-state index in [-0.39, 0.29) is 5.82 Å². The molecule has 1 aliphatic heterocycles. The molecule has 0 radical (unpaired) electrons. The van der Waals surface area contributed by atoms with E-state index in [4.69, 9.17) is 0 Å². The summed E-state index contributed by atoms with van der Waals surface area (Å²) in [4.78, 5) is 13.7. The summed E-state index contributed by atoms with van der Waals surface area (Å²) in [6.45, 7) is 3.42. The lowest BCUT2D eigenvalue weighted by atomic mass is 9.73. The third kappa shape index (κ3) is 3.64. The Hall–Kier alpha value is -2.25. The van der Waals surface area contributed by atoms with Gasteiger partial charge >= 0.3 is 5.97 Å². The highest BCUT2D eigenvalue weighted by atomic mass is 19.1. The Balaban J connectivity index is 1.67. The number of nitrogens with zero attached hydrogens (tertiary/aromatic N) is 3. The molecular weight excluding hydrogens is 337 g/mol. The molecule has 0 aliphatic carbocycles. The van der Waals surface area contributed by atoms with Gasteiger partial charge in [0.2, 0.25) is 0 Å². The van der Waals surface area contributed by atoms with Crippen LogP contribution in [0.2, 0.25) is 0 Å². The number of aliphatic carboxylic acids is 1. The van der Waals surface area contributed by atoms with Crippen molar-refractivity contribution in [1.29, 1.82) is 0 Å². The Labute approximate surface area is 151 Å². The summed E-state index contributed by atoms with van der Waals surface area (Å²) >= 11 is 0. The van der Waals surface area contributed by atoms with Crippen LogP contribution in [-0.4, -0.2) is 50.1 Å². The average molecular weight is 361 g/mol. The van der Waals surface area contributed by atoms with E-state index in [0.29, 0.717) is 38.2 Å². The van der Waals surface area contributed by atoms with Crippen LogP contribution in [0.5, 0.6) is 0 Å². The highest BCUT2D eigenvalue weighted by Gasteiger charge is 2.47. The van der Waals surface area contributed by atoms with Gasteiger partial charge in [-0.3, -0.25) is 9.69 Å². The molecule has 26 heavy (non-hydrogen) atoms. The van der Waals surface area contributed by atoms with E-state index in [9.17, 15) is 19.4 Å². The number of aromatic nitrogens is 2. The number of carbonyl (C=O) groups is 1. The van der Waals surface area contributed by atoms with Gasteiger partial charge in [0.15, 0.2) is 0 Å². The summed E-state index contributed by atoms with van der Waals surface area (Å²) in [5, 5.41) is 24.4. The second kappa shape index (κ2) is 7.55. The second-order valence-corrected chi connectivity index (χ2v) is 6.99. The van der Waals surface area contributed by atoms with Crippen LogP contribution < -0.4 is 0 Å². The molecule has 1 aliphatic rings. The van der Waals surface area contributed by atoms with Gasteiger partial charge < -0.3 is 10.2 Å². The quantitative estimate of drug-likeness (QED) is 0.826. The molecule has 2 aromatic rings. The maximum atomic E-state index is 13.4. The van der Waals surface area contributed by atoms with E-state index < -0.39 is 17.5 Å². The number of β-amino-alcohol motifs (C(OH)–C–C–N with tert-alkyl or cyclic N) is 1. The van der Waals surface area contributed by atoms with E-state index in [0.717, 1.165) is 12.0 Å². The first-order valence-electron chi connectivity index (χ1n) is 8.88. The minimum absolute atomic E-state index is 0.317. The molecule has 1 saturated heterocycles. The monoisotopic (exact) mass is 361 g/mol. The minimum atomic E-state index is -1.04. The Morgan fingerprint density at radius 3 is 2.92 bits per heavy atom. The summed E-state index contributed by atoms with van der Waals surface area (Å²) in [6.07, 6.45) is 4.27. The van der Waals surface area contributed by atoms with E-state index >= 15 is 0 Å². The number of hydrogen-bond acceptors (Lipinski definition) is 4. The van der Waals surface area contributed by atoms with Gasteiger partial charge in [0.1, 0.15) is 5.82 Å². The largest absolute Gasteiger partial charge is 0.481 e. The van der Waals surface area contributed by atoms with Crippen molar-refractivity contribution in [3.8, 4) is 5.69 Å². The number of hydrogen-bond donors (Lipinski definition) is 2. The second-order valence-electron chi connectivity index (χ2n) is 6.99. The fourth-order valence-corrected chi connectivity index (χ4v) is 3.73. The minimum Gasteiger partial charge on any atom is -0.481 e. The normalized spacial score (nSPS) is 23.9. The van der Waals surface area contributed by atoms with Gasteiger partial charge in [-0.25, -0.2) is 9.07 Å². The van der Waals surface area contributed by atoms with Crippen molar-refractivity contribution in [2.24, 2.45) is 5.41 Å². The molecule has 6 nitrogen and oxygen atoms in total. The number of carboxylic acids is 1. The van der Waals surface area contributed by atoms with Crippen LogP contribution in [0, 0.1) is 11.2 Å². The molecule has 1 aromatic heterocycles. The first kappa shape index (κ1) is 18.5. The lowest BCUT2D eigenvalue weighted by Crippen LogP contribution is -2.54. The first-order chi connectivity index (χ1) is 12.4. The lowest BCUT2D eigenvalue weighted by molar-refractivity contribution is -0.164. The van der Waals surface area contributed by atoms with Crippen LogP contribution in [-0.2, 0) is 11.3 Å². The summed E-state index contributed by atoms with van der Waals surface area (Å²) in [5.41, 5.74) is 0.527. The summed E-state index contributed by atoms with van der Waals surface area (Å²) < 4.78 is 15.0. The van der Waals surface area contributed by atoms with Gasteiger partial charge in [-0.2, -0.15) is 5.10 Å². The molecule has 2 N–H and O–H groups in total. The fraction of sp³-hybridized carbons (Fsp3) is 0.474. The molecule has 2 heterocycles. The van der Waals surface area contributed by atoms with Crippen LogP contribution >= 0.6 is 0 Å². The Kier molecular flexibility index (Phi) is 5.38. The molecule has 1 aromatic carbocycles. The summed E-state index contributed by atoms with van der Waals surface area (Å²) in [5.74, 6) is -1.23. The molecule has 0 spiro atoms. The molecule has 140 valence electrons. The van der Waals surface area contributed by atoms with Crippen molar-refractivity contribution < 1.29 is 19.4 Å². The smallest absolute Gasteiger partial charge is 0.312 e. The Bertz CT molecular complexity index is 779. The van der Waals surface area contributed by atoms with Gasteiger partial charge in [0.25, 0.3) is 0 Å². The number of aliphatic hydroxyl groups excluding tert-OH is 1. The number of halogens is 1. The van der Waals surface area contributed by atoms with Gasteiger partial charge in [-0.1, -0.05) is 19.4 Å². The van der Waals surface area contributed by atoms with Crippen LogP contribution in [0.15, 0.2) is 36.7 Å². The van der Waals surface area contributed by atoms with Gasteiger partial charge in [-0.05, 0) is 37.6 Å². The zero-order valence-corrected chi connectivity index (χ0v) is 14.8. The SMILES string of the molecule is CCC[C@]1(C(=O)O)CCN(Cc2cnn(-c3cccc(F)c3)c2)C[C@H]1O. The zero-order valence-electron chi connectivity index (χ0n) is 14.8. The number of aliphatic hydroxyl groups is 1. The van der Waals surface area contributed by atoms with E-state index in [1.807, 2.05) is 18.0 Å². The molecule has 0 saturated carbocycles. The summed E-state index contributed by atoms with van der Waals surface area (Å²) in [7, 11) is 0. The third-order valence-electron chi connectivity index (χ3n) is 5.18. The maximum absolute atomic E-state index is 13.4. The van der Waals surface area contributed by atoms with E-state index in [2.05, 4.69) is 5.10 Å². The van der Waals surface area contributed by atoms with Crippen molar-refractivity contribution in [2.75, 3.05) is 13.1 Å². The first-order valence-corrected chi connectivity index (χ1v) is 8.88. The Morgan fingerprint density at radius 2 is 2.27 bits per heavy atom. The van der Waals surface area contributed by atoms with E-state index in [1.165, 1.54) is 12.1 Å². The molecule has 7 heteroatoms. The molecule has 3 rings (SSSR count). The van der Waals surface area contributed by atoms with E-state index in [1.54, 1.807) is 23.0 Å². The lowest BCUT2D eigenvalue weighted by Gasteiger charge is -2.42. The van der Waals surface area contributed by atoms with Crippen LogP contribution in [0.1, 0.15) is 31.7 Å². The number of benzene rings is 1. The van der Waals surface area contributed by atoms with Crippen molar-refractivity contribution in [3.05, 3.63) is 48.0 Å². The molecule has 0 amide bonds. The third-order valence-corrected chi connectivity index (χ3v) is 5.18. The topological polar surface area (TPSA) is 78.6 Å². The zero-order chi connectivity index (χ0) is 18.7. The van der Waals surface area contributed by atoms with Crippen LogP contribution in [0.4, 0.5) is 4.39 Å². The van der Waals surface area contributed by atoms with Crippen molar-refractivity contribution >= 4 is 5.97 Å². The molecule has 0 unspecified atom stereocenters. The van der Waals surface area contributed by atoms with Crippen molar-refractivity contribution in [1.82, 2.24) is 14.7 Å². The molecule has 1 fully saturated rings. The number of rotatable bonds is 6. The molecule has 0 bridgehead atoms. The average Bonchev–Trinajstić information content (AvgIpc) is 3.06. The number of piperidine rings is 1. The van der Waals surface area contributed by atoms with Gasteiger partial charge in [0, 0.05) is 24.8 Å². The predicted octanol–water partition coefficient (Wildman–Crippen LogP) is 2.45. The standard InChI is InChI=1S/C19H24FN3O3/c1-2-6-19(18(25)26)7-8-22(13-17(19)24)11-14-10-21-23(12-14)16-5-3-4-15(20)9-16/h3-5,9-10,12,17,24H,2,6-8,11,13H2,1H3,(H,25,26)/t17-,19+/m1/s1. The highest BCUT2D eigenvalue weighted by Crippen LogP contribution is 2.37. The fourth-order valence-electron chi connectivity index (χ4n) is 3.73. The van der Waals surface area contributed by atoms with Crippen LogP contribution in [0.25, 0.3) is 5.69 Å². The maximum Gasteiger partial charge on any atom is 0.312 e. The Morgan fingerprint density at radius 1 is 1.46 bits per heavy atom. The van der Waals surface area contributed by atoms with Crippen LogP contribution in [0.3, 0.4) is 0 Å². The summed E-state index contributed by atoms with van der Waals surface area (Å²) in [6, 6.07) is 6.20. The highest BCUT2D eigenvalue weighted by molar-refractivity contribution is 5.75.